The van der Waals surface area contributed by atoms with E-state index in [1.807, 2.05) is 6.92 Å². The second kappa shape index (κ2) is 6.02. The molecule has 0 radical (unpaired) electrons. The molecule has 0 bridgehead atoms. The highest BCUT2D eigenvalue weighted by Crippen LogP contribution is 2.22. The molecule has 0 fully saturated rings. The minimum absolute atomic E-state index is 0.281. The zero-order valence-electron chi connectivity index (χ0n) is 9.67. The molecule has 0 saturated carbocycles. The van der Waals surface area contributed by atoms with Gasteiger partial charge < -0.3 is 9.84 Å². The summed E-state index contributed by atoms with van der Waals surface area (Å²) in [5, 5.41) is 8.86. The molecular formula is C11H22O3. The number of aliphatic carboxylic acids is 1. The first-order chi connectivity index (χ1) is 6.40. The van der Waals surface area contributed by atoms with Gasteiger partial charge in [0.05, 0.1) is 11.5 Å². The first kappa shape index (κ1) is 13.4. The van der Waals surface area contributed by atoms with Crippen LogP contribution in [0.25, 0.3) is 0 Å². The standard InChI is InChI=1S/C11H22O3/c1-5-9(2)14-8-6-7-11(3,4)10(12)13/h9H,5-8H2,1-4H3,(H,12,13). The molecule has 0 heterocycles. The van der Waals surface area contributed by atoms with Gasteiger partial charge in [0.25, 0.3) is 0 Å². The van der Waals surface area contributed by atoms with Gasteiger partial charge in [-0.1, -0.05) is 6.92 Å². The van der Waals surface area contributed by atoms with Crippen LogP contribution in [0.2, 0.25) is 0 Å². The van der Waals surface area contributed by atoms with E-state index in [1.165, 1.54) is 0 Å². The molecule has 0 aliphatic rings. The number of hydrogen-bond donors (Lipinski definition) is 1. The number of carboxylic acid groups (broad SMARTS) is 1. The topological polar surface area (TPSA) is 46.5 Å². The number of carbonyl (C=O) groups is 1. The molecule has 1 atom stereocenters. The Kier molecular flexibility index (Phi) is 5.77. The van der Waals surface area contributed by atoms with Gasteiger partial charge in [-0.3, -0.25) is 4.79 Å². The molecule has 1 unspecified atom stereocenters. The highest BCUT2D eigenvalue weighted by atomic mass is 16.5. The minimum atomic E-state index is -0.735. The maximum Gasteiger partial charge on any atom is 0.309 e. The van der Waals surface area contributed by atoms with E-state index in [1.54, 1.807) is 13.8 Å². The van der Waals surface area contributed by atoms with E-state index in [0.29, 0.717) is 13.0 Å². The molecule has 0 rings (SSSR count). The van der Waals surface area contributed by atoms with Gasteiger partial charge in [-0.15, -0.1) is 0 Å². The van der Waals surface area contributed by atoms with Crippen LogP contribution in [-0.2, 0) is 9.53 Å². The summed E-state index contributed by atoms with van der Waals surface area (Å²) < 4.78 is 5.47. The summed E-state index contributed by atoms with van der Waals surface area (Å²) in [5.41, 5.74) is -0.626. The van der Waals surface area contributed by atoms with Crippen molar-refractivity contribution in [1.29, 1.82) is 0 Å². The van der Waals surface area contributed by atoms with Gasteiger partial charge in [0.15, 0.2) is 0 Å². The summed E-state index contributed by atoms with van der Waals surface area (Å²) in [7, 11) is 0. The minimum Gasteiger partial charge on any atom is -0.481 e. The van der Waals surface area contributed by atoms with Crippen LogP contribution in [0.15, 0.2) is 0 Å². The number of hydrogen-bond acceptors (Lipinski definition) is 2. The Morgan fingerprint density at radius 2 is 2.07 bits per heavy atom. The van der Waals surface area contributed by atoms with Crippen molar-refractivity contribution in [3.8, 4) is 0 Å². The van der Waals surface area contributed by atoms with Gasteiger partial charge in [0.2, 0.25) is 0 Å². The lowest BCUT2D eigenvalue weighted by Gasteiger charge is -2.19. The normalized spacial score (nSPS) is 14.0. The molecule has 3 heteroatoms. The van der Waals surface area contributed by atoms with Crippen molar-refractivity contribution >= 4 is 5.97 Å². The SMILES string of the molecule is CCC(C)OCCCC(C)(C)C(=O)O. The summed E-state index contributed by atoms with van der Waals surface area (Å²) in [6.45, 7) is 8.26. The van der Waals surface area contributed by atoms with Gasteiger partial charge >= 0.3 is 5.97 Å². The summed E-state index contributed by atoms with van der Waals surface area (Å²) in [4.78, 5) is 10.8. The van der Waals surface area contributed by atoms with Gasteiger partial charge in [-0.05, 0) is 40.0 Å². The van der Waals surface area contributed by atoms with Gasteiger partial charge in [0, 0.05) is 6.61 Å². The van der Waals surface area contributed by atoms with E-state index in [0.717, 1.165) is 12.8 Å². The molecule has 0 amide bonds. The Balaban J connectivity index is 3.59. The smallest absolute Gasteiger partial charge is 0.309 e. The summed E-state index contributed by atoms with van der Waals surface area (Å²) in [5.74, 6) is -0.735. The monoisotopic (exact) mass is 202 g/mol. The second-order valence-corrected chi connectivity index (χ2v) is 4.38. The lowest BCUT2D eigenvalue weighted by Crippen LogP contribution is -2.24. The number of ether oxygens (including phenoxy) is 1. The third-order valence-corrected chi connectivity index (χ3v) is 2.50. The van der Waals surface area contributed by atoms with E-state index in [2.05, 4.69) is 6.92 Å². The van der Waals surface area contributed by atoms with Crippen LogP contribution in [0, 0.1) is 5.41 Å². The summed E-state index contributed by atoms with van der Waals surface area (Å²) >= 11 is 0. The maximum atomic E-state index is 10.8. The van der Waals surface area contributed by atoms with Crippen molar-refractivity contribution < 1.29 is 14.6 Å². The van der Waals surface area contributed by atoms with Crippen LogP contribution >= 0.6 is 0 Å². The Bertz CT molecular complexity index is 175. The van der Waals surface area contributed by atoms with E-state index in [9.17, 15) is 4.79 Å². The van der Waals surface area contributed by atoms with E-state index >= 15 is 0 Å². The maximum absolute atomic E-state index is 10.8. The largest absolute Gasteiger partial charge is 0.481 e. The molecule has 0 aliphatic carbocycles. The Hall–Kier alpha value is -0.570. The average Bonchev–Trinajstić information content (AvgIpc) is 2.11. The lowest BCUT2D eigenvalue weighted by molar-refractivity contribution is -0.147. The fourth-order valence-electron chi connectivity index (χ4n) is 1.02. The Morgan fingerprint density at radius 3 is 2.50 bits per heavy atom. The second-order valence-electron chi connectivity index (χ2n) is 4.38. The third-order valence-electron chi connectivity index (χ3n) is 2.50. The zero-order chi connectivity index (χ0) is 11.2. The van der Waals surface area contributed by atoms with Crippen LogP contribution in [-0.4, -0.2) is 23.8 Å². The highest BCUT2D eigenvalue weighted by molar-refractivity contribution is 5.73. The first-order valence-electron chi connectivity index (χ1n) is 5.25. The fourth-order valence-corrected chi connectivity index (χ4v) is 1.02. The molecule has 0 aromatic heterocycles. The molecule has 14 heavy (non-hydrogen) atoms. The van der Waals surface area contributed by atoms with Crippen LogP contribution in [0.5, 0.6) is 0 Å². The number of carboxylic acids is 1. The lowest BCUT2D eigenvalue weighted by atomic mass is 9.88. The third kappa shape index (κ3) is 5.22. The van der Waals surface area contributed by atoms with Crippen molar-refractivity contribution in [2.24, 2.45) is 5.41 Å². The van der Waals surface area contributed by atoms with E-state index in [-0.39, 0.29) is 6.10 Å². The average molecular weight is 202 g/mol. The van der Waals surface area contributed by atoms with Crippen molar-refractivity contribution in [2.75, 3.05) is 6.61 Å². The molecule has 0 saturated heterocycles. The van der Waals surface area contributed by atoms with Crippen LogP contribution in [0.1, 0.15) is 47.0 Å². The zero-order valence-corrected chi connectivity index (χ0v) is 9.67. The van der Waals surface area contributed by atoms with E-state index in [4.69, 9.17) is 9.84 Å². The summed E-state index contributed by atoms with van der Waals surface area (Å²) in [6.07, 6.45) is 2.76. The predicted molar refractivity (Wildman–Crippen MR) is 56.4 cm³/mol. The summed E-state index contributed by atoms with van der Waals surface area (Å²) in [6, 6.07) is 0. The predicted octanol–water partition coefficient (Wildman–Crippen LogP) is 2.69. The van der Waals surface area contributed by atoms with Gasteiger partial charge in [-0.25, -0.2) is 0 Å². The number of rotatable bonds is 7. The quantitative estimate of drug-likeness (QED) is 0.646. The van der Waals surface area contributed by atoms with Crippen molar-refractivity contribution in [1.82, 2.24) is 0 Å². The van der Waals surface area contributed by atoms with Crippen molar-refractivity contribution in [3.63, 3.8) is 0 Å². The molecule has 0 spiro atoms. The van der Waals surface area contributed by atoms with Crippen LogP contribution in [0.4, 0.5) is 0 Å². The highest BCUT2D eigenvalue weighted by Gasteiger charge is 2.26. The molecular weight excluding hydrogens is 180 g/mol. The molecule has 0 aromatic rings. The molecule has 84 valence electrons. The van der Waals surface area contributed by atoms with Crippen molar-refractivity contribution in [3.05, 3.63) is 0 Å². The van der Waals surface area contributed by atoms with Crippen molar-refractivity contribution in [2.45, 2.75) is 53.1 Å². The van der Waals surface area contributed by atoms with Crippen LogP contribution in [0.3, 0.4) is 0 Å². The Labute approximate surface area is 86.5 Å². The molecule has 3 nitrogen and oxygen atoms in total. The van der Waals surface area contributed by atoms with Gasteiger partial charge in [0.1, 0.15) is 0 Å². The Morgan fingerprint density at radius 1 is 1.50 bits per heavy atom. The van der Waals surface area contributed by atoms with Crippen LogP contribution < -0.4 is 0 Å². The van der Waals surface area contributed by atoms with Gasteiger partial charge in [-0.2, -0.15) is 0 Å². The molecule has 0 aromatic carbocycles. The fraction of sp³-hybridized carbons (Fsp3) is 0.909. The molecule has 0 aliphatic heterocycles. The molecule has 1 N–H and O–H groups in total. The first-order valence-corrected chi connectivity index (χ1v) is 5.25. The van der Waals surface area contributed by atoms with E-state index < -0.39 is 11.4 Å².